The largest absolute Gasteiger partial charge is 0.352 e. The van der Waals surface area contributed by atoms with Crippen molar-refractivity contribution < 1.29 is 9.18 Å². The number of aromatic amines is 1. The molecule has 1 aliphatic heterocycles. The molecule has 0 spiro atoms. The smallest absolute Gasteiger partial charge is 0.220 e. The quantitative estimate of drug-likeness (QED) is 0.835. The van der Waals surface area contributed by atoms with E-state index in [0.717, 1.165) is 55.0 Å². The number of rotatable bonds is 6. The molecule has 0 aliphatic carbocycles. The van der Waals surface area contributed by atoms with E-state index in [9.17, 15) is 9.18 Å². The van der Waals surface area contributed by atoms with Crippen LogP contribution < -0.4 is 5.32 Å². The van der Waals surface area contributed by atoms with E-state index in [1.807, 2.05) is 26.0 Å². The van der Waals surface area contributed by atoms with Gasteiger partial charge in [0, 0.05) is 31.2 Å². The Hall–Kier alpha value is -2.21. The molecule has 1 atom stereocenters. The number of aromatic nitrogens is 2. The summed E-state index contributed by atoms with van der Waals surface area (Å²) in [6, 6.07) is 6.83. The highest BCUT2D eigenvalue weighted by molar-refractivity contribution is 5.76. The Bertz CT molecular complexity index is 721. The van der Waals surface area contributed by atoms with Crippen molar-refractivity contribution in [2.24, 2.45) is 0 Å². The molecule has 1 saturated heterocycles. The van der Waals surface area contributed by atoms with Crippen LogP contribution in [0, 0.1) is 19.7 Å². The summed E-state index contributed by atoms with van der Waals surface area (Å²) in [5.74, 6) is -0.112. The molecule has 3 rings (SSSR count). The molecule has 2 heterocycles. The lowest BCUT2D eigenvalue weighted by atomic mass is 10.0. The zero-order valence-corrected chi connectivity index (χ0v) is 15.5. The van der Waals surface area contributed by atoms with E-state index in [-0.39, 0.29) is 17.8 Å². The molecule has 1 aromatic carbocycles. The van der Waals surface area contributed by atoms with Crippen molar-refractivity contribution in [3.05, 3.63) is 52.6 Å². The van der Waals surface area contributed by atoms with Gasteiger partial charge in [0.2, 0.25) is 5.91 Å². The summed E-state index contributed by atoms with van der Waals surface area (Å²) in [6.07, 6.45) is 3.27. The van der Waals surface area contributed by atoms with Crippen LogP contribution in [0.3, 0.4) is 0 Å². The maximum absolute atomic E-state index is 13.0. The first-order chi connectivity index (χ1) is 12.5. The van der Waals surface area contributed by atoms with Crippen molar-refractivity contribution >= 4 is 5.91 Å². The fraction of sp³-hybridized carbons (Fsp3) is 0.500. The second-order valence-electron chi connectivity index (χ2n) is 7.18. The summed E-state index contributed by atoms with van der Waals surface area (Å²) >= 11 is 0. The van der Waals surface area contributed by atoms with E-state index in [1.165, 1.54) is 12.1 Å². The second kappa shape index (κ2) is 8.45. The third-order valence-electron chi connectivity index (χ3n) is 5.07. The fourth-order valence-corrected chi connectivity index (χ4v) is 3.65. The zero-order chi connectivity index (χ0) is 18.5. The Morgan fingerprint density at radius 2 is 2.12 bits per heavy atom. The summed E-state index contributed by atoms with van der Waals surface area (Å²) in [7, 11) is 0. The number of hydrogen-bond donors (Lipinski definition) is 2. The number of aryl methyl sites for hydroxylation is 2. The number of halogens is 1. The minimum atomic E-state index is -0.208. The lowest BCUT2D eigenvalue weighted by Gasteiger charge is -2.33. The lowest BCUT2D eigenvalue weighted by Crippen LogP contribution is -2.47. The van der Waals surface area contributed by atoms with Crippen LogP contribution >= 0.6 is 0 Å². The van der Waals surface area contributed by atoms with Crippen molar-refractivity contribution in [1.82, 2.24) is 20.4 Å². The van der Waals surface area contributed by atoms with Gasteiger partial charge >= 0.3 is 0 Å². The molecule has 0 bridgehead atoms. The van der Waals surface area contributed by atoms with Gasteiger partial charge in [-0.05, 0) is 62.9 Å². The zero-order valence-electron chi connectivity index (χ0n) is 15.5. The van der Waals surface area contributed by atoms with Gasteiger partial charge < -0.3 is 5.32 Å². The molecular formula is C20H27FN4O. The van der Waals surface area contributed by atoms with E-state index in [1.54, 1.807) is 0 Å². The Labute approximate surface area is 154 Å². The molecular weight excluding hydrogens is 331 g/mol. The van der Waals surface area contributed by atoms with Gasteiger partial charge in [-0.3, -0.25) is 14.8 Å². The first-order valence-corrected chi connectivity index (χ1v) is 9.28. The standard InChI is InChI=1S/C20H27FN4O/c1-14-19(15(2)24-23-14)9-10-20(26)22-18-4-3-11-25(13-18)12-16-5-7-17(21)8-6-16/h5-8,18H,3-4,9-13H2,1-2H3,(H,22,26)(H,23,24)/t18-/m1/s1. The first-order valence-electron chi connectivity index (χ1n) is 9.28. The van der Waals surface area contributed by atoms with Gasteiger partial charge in [-0.15, -0.1) is 0 Å². The van der Waals surface area contributed by atoms with E-state index < -0.39 is 0 Å². The third-order valence-corrected chi connectivity index (χ3v) is 5.07. The van der Waals surface area contributed by atoms with Crippen molar-refractivity contribution in [3.8, 4) is 0 Å². The van der Waals surface area contributed by atoms with Crippen molar-refractivity contribution in [2.75, 3.05) is 13.1 Å². The number of nitrogens with zero attached hydrogens (tertiary/aromatic N) is 2. The van der Waals surface area contributed by atoms with Crippen LogP contribution in [0.1, 0.15) is 41.8 Å². The highest BCUT2D eigenvalue weighted by Gasteiger charge is 2.21. The van der Waals surface area contributed by atoms with Crippen LogP contribution in [0.4, 0.5) is 4.39 Å². The molecule has 6 heteroatoms. The van der Waals surface area contributed by atoms with E-state index >= 15 is 0 Å². The molecule has 0 unspecified atom stereocenters. The highest BCUT2D eigenvalue weighted by atomic mass is 19.1. The number of nitrogens with one attached hydrogen (secondary N) is 2. The van der Waals surface area contributed by atoms with Crippen LogP contribution in [-0.2, 0) is 17.8 Å². The maximum atomic E-state index is 13.0. The molecule has 1 fully saturated rings. The Balaban J connectivity index is 1.46. The molecule has 0 saturated carbocycles. The van der Waals surface area contributed by atoms with E-state index in [2.05, 4.69) is 20.4 Å². The summed E-state index contributed by atoms with van der Waals surface area (Å²) in [4.78, 5) is 14.7. The third kappa shape index (κ3) is 4.91. The monoisotopic (exact) mass is 358 g/mol. The van der Waals surface area contributed by atoms with Crippen molar-refractivity contribution in [2.45, 2.75) is 52.1 Å². The number of piperidine rings is 1. The predicted molar refractivity (Wildman–Crippen MR) is 99.2 cm³/mol. The molecule has 2 N–H and O–H groups in total. The van der Waals surface area contributed by atoms with Crippen LogP contribution in [0.2, 0.25) is 0 Å². The van der Waals surface area contributed by atoms with Gasteiger partial charge in [0.15, 0.2) is 0 Å². The molecule has 1 aliphatic rings. The van der Waals surface area contributed by atoms with Crippen LogP contribution in [0.25, 0.3) is 0 Å². The molecule has 1 aromatic heterocycles. The SMILES string of the molecule is Cc1n[nH]c(C)c1CCC(=O)N[C@@H]1CCCN(Cc2ccc(F)cc2)C1. The topological polar surface area (TPSA) is 61.0 Å². The summed E-state index contributed by atoms with van der Waals surface area (Å²) in [6.45, 7) is 6.59. The average Bonchev–Trinajstić information content (AvgIpc) is 2.94. The van der Waals surface area contributed by atoms with Gasteiger partial charge in [-0.2, -0.15) is 5.10 Å². The summed E-state index contributed by atoms with van der Waals surface area (Å²) in [5, 5.41) is 10.3. The highest BCUT2D eigenvalue weighted by Crippen LogP contribution is 2.15. The first kappa shape index (κ1) is 18.6. The molecule has 2 aromatic rings. The Morgan fingerprint density at radius 1 is 1.35 bits per heavy atom. The average molecular weight is 358 g/mol. The van der Waals surface area contributed by atoms with Crippen LogP contribution in [0.15, 0.2) is 24.3 Å². The summed E-state index contributed by atoms with van der Waals surface area (Å²) in [5.41, 5.74) is 4.25. The van der Waals surface area contributed by atoms with Crippen molar-refractivity contribution in [1.29, 1.82) is 0 Å². The van der Waals surface area contributed by atoms with E-state index in [0.29, 0.717) is 12.8 Å². The minimum absolute atomic E-state index is 0.0960. The van der Waals surface area contributed by atoms with Crippen LogP contribution in [0.5, 0.6) is 0 Å². The van der Waals surface area contributed by atoms with Gasteiger partial charge in [0.1, 0.15) is 5.82 Å². The van der Waals surface area contributed by atoms with Gasteiger partial charge in [0.05, 0.1) is 5.69 Å². The normalized spacial score (nSPS) is 18.0. The summed E-state index contributed by atoms with van der Waals surface area (Å²) < 4.78 is 13.0. The number of carbonyl (C=O) groups excluding carboxylic acids is 1. The Morgan fingerprint density at radius 3 is 2.81 bits per heavy atom. The number of likely N-dealkylation sites (tertiary alicyclic amines) is 1. The number of hydrogen-bond acceptors (Lipinski definition) is 3. The van der Waals surface area contributed by atoms with Gasteiger partial charge in [-0.25, -0.2) is 4.39 Å². The van der Waals surface area contributed by atoms with E-state index in [4.69, 9.17) is 0 Å². The molecule has 140 valence electrons. The van der Waals surface area contributed by atoms with Gasteiger partial charge in [-0.1, -0.05) is 12.1 Å². The molecule has 0 radical (unpaired) electrons. The maximum Gasteiger partial charge on any atom is 0.220 e. The van der Waals surface area contributed by atoms with Crippen LogP contribution in [-0.4, -0.2) is 40.1 Å². The molecule has 5 nitrogen and oxygen atoms in total. The fourth-order valence-electron chi connectivity index (χ4n) is 3.65. The van der Waals surface area contributed by atoms with Crippen molar-refractivity contribution in [3.63, 3.8) is 0 Å². The molecule has 26 heavy (non-hydrogen) atoms. The lowest BCUT2D eigenvalue weighted by molar-refractivity contribution is -0.122. The van der Waals surface area contributed by atoms with Gasteiger partial charge in [0.25, 0.3) is 0 Å². The second-order valence-corrected chi connectivity index (χ2v) is 7.18. The predicted octanol–water partition coefficient (Wildman–Crippen LogP) is 2.88. The minimum Gasteiger partial charge on any atom is -0.352 e. The Kier molecular flexibility index (Phi) is 6.04. The molecule has 1 amide bonds. The number of H-pyrrole nitrogens is 1. The number of carbonyl (C=O) groups is 1. The number of benzene rings is 1. The number of amides is 1.